The standard InChI is InChI=1S/C13H21ClN6O/c1-20(2)6-4-3-5-8(20)7-17-13(21)9-11(15)19-12(16)10(14)18-9/h8H,3-7H2,1-2H3,(H4-,15,16,17,19,21)/p+1/t8-/m0/s1. The molecule has 2 rings (SSSR count). The predicted molar refractivity (Wildman–Crippen MR) is 82.8 cm³/mol. The Bertz CT molecular complexity index is 548. The van der Waals surface area contributed by atoms with Gasteiger partial charge in [0.25, 0.3) is 5.91 Å². The van der Waals surface area contributed by atoms with E-state index < -0.39 is 0 Å². The van der Waals surface area contributed by atoms with Crippen molar-refractivity contribution in [2.24, 2.45) is 0 Å². The van der Waals surface area contributed by atoms with Crippen LogP contribution in [-0.2, 0) is 0 Å². The number of piperidine rings is 1. The summed E-state index contributed by atoms with van der Waals surface area (Å²) < 4.78 is 0.907. The van der Waals surface area contributed by atoms with Gasteiger partial charge in [-0.1, -0.05) is 11.6 Å². The van der Waals surface area contributed by atoms with Crippen molar-refractivity contribution in [2.75, 3.05) is 38.7 Å². The van der Waals surface area contributed by atoms with Crippen LogP contribution in [0, 0.1) is 0 Å². The molecule has 0 aromatic carbocycles. The number of nitrogen functional groups attached to an aromatic ring is 2. The molecule has 1 aromatic heterocycles. The summed E-state index contributed by atoms with van der Waals surface area (Å²) in [6.07, 6.45) is 3.51. The van der Waals surface area contributed by atoms with Crippen LogP contribution in [0.1, 0.15) is 29.8 Å². The minimum Gasteiger partial charge on any atom is -0.382 e. The third kappa shape index (κ3) is 3.54. The number of carbonyl (C=O) groups is 1. The average molecular weight is 314 g/mol. The number of hydrogen-bond donors (Lipinski definition) is 3. The molecule has 0 unspecified atom stereocenters. The van der Waals surface area contributed by atoms with Crippen LogP contribution in [-0.4, -0.2) is 53.6 Å². The Hall–Kier alpha value is -1.60. The summed E-state index contributed by atoms with van der Waals surface area (Å²) in [4.78, 5) is 19.9. The fraction of sp³-hybridized carbons (Fsp3) is 0.615. The van der Waals surface area contributed by atoms with Gasteiger partial charge < -0.3 is 21.3 Å². The van der Waals surface area contributed by atoms with E-state index in [2.05, 4.69) is 29.4 Å². The molecule has 116 valence electrons. The number of carbonyl (C=O) groups excluding carboxylic acids is 1. The molecule has 0 saturated carbocycles. The van der Waals surface area contributed by atoms with Gasteiger partial charge in [-0.15, -0.1) is 0 Å². The minimum atomic E-state index is -0.368. The number of anilines is 2. The number of nitrogens with one attached hydrogen (secondary N) is 1. The van der Waals surface area contributed by atoms with E-state index in [4.69, 9.17) is 23.1 Å². The van der Waals surface area contributed by atoms with Crippen LogP contribution >= 0.6 is 11.6 Å². The topological polar surface area (TPSA) is 107 Å². The maximum atomic E-state index is 12.2. The lowest BCUT2D eigenvalue weighted by atomic mass is 10.0. The van der Waals surface area contributed by atoms with Gasteiger partial charge in [-0.3, -0.25) is 4.79 Å². The van der Waals surface area contributed by atoms with Crippen molar-refractivity contribution in [1.82, 2.24) is 15.3 Å². The molecule has 1 aliphatic rings. The Kier molecular flexibility index (Phi) is 4.53. The monoisotopic (exact) mass is 313 g/mol. The van der Waals surface area contributed by atoms with Crippen molar-refractivity contribution in [3.63, 3.8) is 0 Å². The normalized spacial score (nSPS) is 21.0. The van der Waals surface area contributed by atoms with E-state index in [1.165, 1.54) is 12.8 Å². The van der Waals surface area contributed by atoms with Gasteiger partial charge in [0.1, 0.15) is 6.04 Å². The predicted octanol–water partition coefficient (Wildman–Crippen LogP) is 0.653. The molecule has 7 nitrogen and oxygen atoms in total. The molecule has 1 aliphatic heterocycles. The Morgan fingerprint density at radius 3 is 2.71 bits per heavy atom. The third-order valence-electron chi connectivity index (χ3n) is 4.13. The number of likely N-dealkylation sites (tertiary alicyclic amines) is 1. The lowest BCUT2D eigenvalue weighted by Gasteiger charge is -2.41. The number of rotatable bonds is 3. The Morgan fingerprint density at radius 1 is 1.33 bits per heavy atom. The molecule has 1 aromatic rings. The fourth-order valence-electron chi connectivity index (χ4n) is 2.68. The molecule has 1 fully saturated rings. The first kappa shape index (κ1) is 15.8. The molecular formula is C13H22ClN6O+. The first-order valence-corrected chi connectivity index (χ1v) is 7.38. The second kappa shape index (κ2) is 6.03. The molecule has 0 spiro atoms. The van der Waals surface area contributed by atoms with Crippen LogP contribution in [0.3, 0.4) is 0 Å². The summed E-state index contributed by atoms with van der Waals surface area (Å²) >= 11 is 5.79. The molecule has 5 N–H and O–H groups in total. The van der Waals surface area contributed by atoms with Crippen LogP contribution in [0.5, 0.6) is 0 Å². The maximum Gasteiger partial charge on any atom is 0.274 e. The highest BCUT2D eigenvalue weighted by Crippen LogP contribution is 2.21. The summed E-state index contributed by atoms with van der Waals surface area (Å²) in [5.74, 6) is -0.352. The van der Waals surface area contributed by atoms with Gasteiger partial charge in [-0.05, 0) is 12.8 Å². The van der Waals surface area contributed by atoms with Gasteiger partial charge in [0.15, 0.2) is 22.5 Å². The third-order valence-corrected chi connectivity index (χ3v) is 4.41. The van der Waals surface area contributed by atoms with Gasteiger partial charge in [-0.25, -0.2) is 9.97 Å². The number of nitrogens with two attached hydrogens (primary N) is 2. The van der Waals surface area contributed by atoms with E-state index in [0.29, 0.717) is 12.6 Å². The van der Waals surface area contributed by atoms with E-state index in [-0.39, 0.29) is 28.4 Å². The highest BCUT2D eigenvalue weighted by molar-refractivity contribution is 6.31. The van der Waals surface area contributed by atoms with E-state index in [9.17, 15) is 4.79 Å². The van der Waals surface area contributed by atoms with Crippen LogP contribution in [0.15, 0.2) is 0 Å². The van der Waals surface area contributed by atoms with Crippen LogP contribution < -0.4 is 16.8 Å². The van der Waals surface area contributed by atoms with E-state index >= 15 is 0 Å². The quantitative estimate of drug-likeness (QED) is 0.710. The van der Waals surface area contributed by atoms with Gasteiger partial charge in [0.05, 0.1) is 27.2 Å². The first-order valence-electron chi connectivity index (χ1n) is 7.00. The van der Waals surface area contributed by atoms with Crippen molar-refractivity contribution in [3.05, 3.63) is 10.8 Å². The molecule has 0 radical (unpaired) electrons. The number of amides is 1. The summed E-state index contributed by atoms with van der Waals surface area (Å²) in [5, 5.41) is 2.86. The molecule has 1 saturated heterocycles. The second-order valence-corrected chi connectivity index (χ2v) is 6.35. The zero-order valence-electron chi connectivity index (χ0n) is 12.4. The Balaban J connectivity index is 2.03. The average Bonchev–Trinajstić information content (AvgIpc) is 2.41. The van der Waals surface area contributed by atoms with Crippen LogP contribution in [0.25, 0.3) is 0 Å². The van der Waals surface area contributed by atoms with Crippen molar-refractivity contribution in [2.45, 2.75) is 25.3 Å². The summed E-state index contributed by atoms with van der Waals surface area (Å²) in [6.45, 7) is 1.70. The van der Waals surface area contributed by atoms with Crippen molar-refractivity contribution in [3.8, 4) is 0 Å². The molecule has 8 heteroatoms. The summed E-state index contributed by atoms with van der Waals surface area (Å²) in [7, 11) is 4.37. The van der Waals surface area contributed by atoms with Crippen LogP contribution in [0.2, 0.25) is 5.15 Å². The molecule has 21 heavy (non-hydrogen) atoms. The summed E-state index contributed by atoms with van der Waals surface area (Å²) in [6, 6.07) is 0.390. The lowest BCUT2D eigenvalue weighted by molar-refractivity contribution is -0.918. The van der Waals surface area contributed by atoms with E-state index in [1.54, 1.807) is 0 Å². The number of halogens is 1. The fourth-order valence-corrected chi connectivity index (χ4v) is 2.81. The highest BCUT2D eigenvalue weighted by atomic mass is 35.5. The number of hydrogen-bond acceptors (Lipinski definition) is 5. The van der Waals surface area contributed by atoms with Crippen LogP contribution in [0.4, 0.5) is 11.6 Å². The van der Waals surface area contributed by atoms with E-state index in [0.717, 1.165) is 17.4 Å². The number of nitrogens with zero attached hydrogens (tertiary/aromatic N) is 3. The van der Waals surface area contributed by atoms with Crippen molar-refractivity contribution in [1.29, 1.82) is 0 Å². The van der Waals surface area contributed by atoms with Gasteiger partial charge in [-0.2, -0.15) is 0 Å². The largest absolute Gasteiger partial charge is 0.382 e. The SMILES string of the molecule is C[N+]1(C)CCCC[C@H]1CNC(=O)c1nc(Cl)c(N)nc1N. The number of quaternary nitrogens is 1. The molecular weight excluding hydrogens is 292 g/mol. The number of likely N-dealkylation sites (N-methyl/N-ethyl adjacent to an activating group) is 1. The molecule has 1 atom stereocenters. The molecule has 0 bridgehead atoms. The Morgan fingerprint density at radius 2 is 2.05 bits per heavy atom. The second-order valence-electron chi connectivity index (χ2n) is 6.00. The highest BCUT2D eigenvalue weighted by Gasteiger charge is 2.31. The molecule has 0 aliphatic carbocycles. The van der Waals surface area contributed by atoms with Gasteiger partial charge in [0, 0.05) is 6.42 Å². The van der Waals surface area contributed by atoms with Crippen molar-refractivity contribution >= 4 is 29.1 Å². The number of aromatic nitrogens is 2. The van der Waals surface area contributed by atoms with Gasteiger partial charge in [0.2, 0.25) is 0 Å². The summed E-state index contributed by atoms with van der Waals surface area (Å²) in [5.41, 5.74) is 11.2. The molecule has 1 amide bonds. The minimum absolute atomic E-state index is 0.00760. The first-order chi connectivity index (χ1) is 9.81. The smallest absolute Gasteiger partial charge is 0.274 e. The zero-order valence-corrected chi connectivity index (χ0v) is 13.2. The van der Waals surface area contributed by atoms with Crippen molar-refractivity contribution < 1.29 is 9.28 Å². The Labute approximate surface area is 129 Å². The lowest BCUT2D eigenvalue weighted by Crippen LogP contribution is -2.56. The zero-order chi connectivity index (χ0) is 15.6. The maximum absolute atomic E-state index is 12.2. The molecule has 2 heterocycles. The van der Waals surface area contributed by atoms with Gasteiger partial charge >= 0.3 is 0 Å². The van der Waals surface area contributed by atoms with E-state index in [1.807, 2.05) is 0 Å².